The number of nitrogens with zero attached hydrogens (tertiary/aromatic N) is 2. The molecule has 5 heteroatoms. The Morgan fingerprint density at radius 3 is 2.45 bits per heavy atom. The second-order valence-electron chi connectivity index (χ2n) is 5.80. The lowest BCUT2D eigenvalue weighted by atomic mass is 9.75. The van der Waals surface area contributed by atoms with Crippen molar-refractivity contribution in [1.82, 2.24) is 9.80 Å². The van der Waals surface area contributed by atoms with E-state index in [-0.39, 0.29) is 22.8 Å². The van der Waals surface area contributed by atoms with Gasteiger partial charge in [-0.3, -0.25) is 4.79 Å². The molecule has 2 rings (SSSR count). The first-order chi connectivity index (χ1) is 9.35. The van der Waals surface area contributed by atoms with E-state index in [0.29, 0.717) is 6.54 Å². The van der Waals surface area contributed by atoms with E-state index < -0.39 is 5.82 Å². The van der Waals surface area contributed by atoms with Crippen molar-refractivity contribution in [1.29, 1.82) is 0 Å². The van der Waals surface area contributed by atoms with Crippen LogP contribution < -0.4 is 0 Å². The van der Waals surface area contributed by atoms with Crippen LogP contribution in [0.1, 0.15) is 29.6 Å². The Balaban J connectivity index is 2.12. The van der Waals surface area contributed by atoms with Crippen molar-refractivity contribution in [3.63, 3.8) is 0 Å². The largest absolute Gasteiger partial charge is 0.507 e. The Bertz CT molecular complexity index is 513. The fourth-order valence-corrected chi connectivity index (χ4v) is 2.74. The third-order valence-corrected chi connectivity index (χ3v) is 4.30. The maximum atomic E-state index is 13.0. The minimum atomic E-state index is -0.551. The molecule has 1 aliphatic rings. The molecular formula is C15H21FN2O2. The molecule has 0 unspecified atom stereocenters. The number of hydrogen-bond acceptors (Lipinski definition) is 3. The van der Waals surface area contributed by atoms with Gasteiger partial charge in [0.05, 0.1) is 5.56 Å². The first-order valence-electron chi connectivity index (χ1n) is 6.77. The average molecular weight is 280 g/mol. The van der Waals surface area contributed by atoms with Crippen LogP contribution in [0.25, 0.3) is 0 Å². The second-order valence-corrected chi connectivity index (χ2v) is 5.80. The van der Waals surface area contributed by atoms with E-state index in [1.54, 1.807) is 11.9 Å². The number of benzene rings is 1. The van der Waals surface area contributed by atoms with Gasteiger partial charge in [-0.25, -0.2) is 4.39 Å². The van der Waals surface area contributed by atoms with Crippen LogP contribution in [0.3, 0.4) is 0 Å². The number of phenols is 1. The molecule has 0 radical (unpaired) electrons. The molecule has 0 atom stereocenters. The molecule has 1 aliphatic carbocycles. The summed E-state index contributed by atoms with van der Waals surface area (Å²) >= 11 is 0. The Labute approximate surface area is 118 Å². The van der Waals surface area contributed by atoms with Gasteiger partial charge < -0.3 is 14.9 Å². The Kier molecular flexibility index (Phi) is 3.99. The quantitative estimate of drug-likeness (QED) is 0.918. The van der Waals surface area contributed by atoms with Crippen LogP contribution in [0.15, 0.2) is 18.2 Å². The maximum absolute atomic E-state index is 13.0. The van der Waals surface area contributed by atoms with Crippen molar-refractivity contribution < 1.29 is 14.3 Å². The van der Waals surface area contributed by atoms with Crippen LogP contribution in [0.5, 0.6) is 5.75 Å². The number of likely N-dealkylation sites (N-methyl/N-ethyl adjacent to an activating group) is 2. The number of carbonyl (C=O) groups is 1. The summed E-state index contributed by atoms with van der Waals surface area (Å²) in [4.78, 5) is 16.1. The molecule has 0 aliphatic heterocycles. The first-order valence-corrected chi connectivity index (χ1v) is 6.77. The number of aromatic hydroxyl groups is 1. The van der Waals surface area contributed by atoms with Crippen molar-refractivity contribution in [3.05, 3.63) is 29.6 Å². The number of halogens is 1. The van der Waals surface area contributed by atoms with E-state index >= 15 is 0 Å². The predicted molar refractivity (Wildman–Crippen MR) is 75.3 cm³/mol. The molecule has 1 amide bonds. The van der Waals surface area contributed by atoms with Gasteiger partial charge in [-0.05, 0) is 45.5 Å². The maximum Gasteiger partial charge on any atom is 0.257 e. The zero-order chi connectivity index (χ0) is 14.9. The molecule has 1 fully saturated rings. The Hall–Kier alpha value is -1.62. The Morgan fingerprint density at radius 2 is 2.00 bits per heavy atom. The summed E-state index contributed by atoms with van der Waals surface area (Å²) in [5.74, 6) is -1.14. The number of rotatable bonds is 4. The van der Waals surface area contributed by atoms with Gasteiger partial charge in [0, 0.05) is 25.2 Å². The van der Waals surface area contributed by atoms with E-state index in [2.05, 4.69) is 4.90 Å². The average Bonchev–Trinajstić information content (AvgIpc) is 2.32. The normalized spacial score (nSPS) is 16.9. The van der Waals surface area contributed by atoms with E-state index in [9.17, 15) is 14.3 Å². The van der Waals surface area contributed by atoms with Crippen LogP contribution in [-0.2, 0) is 0 Å². The molecule has 0 bridgehead atoms. The van der Waals surface area contributed by atoms with Crippen LogP contribution in [0.2, 0.25) is 0 Å². The molecule has 20 heavy (non-hydrogen) atoms. The van der Waals surface area contributed by atoms with E-state index in [1.807, 2.05) is 14.1 Å². The molecule has 1 aromatic rings. The number of amides is 1. The summed E-state index contributed by atoms with van der Waals surface area (Å²) in [6.45, 7) is 0.607. The van der Waals surface area contributed by atoms with Crippen molar-refractivity contribution in [2.24, 2.45) is 0 Å². The van der Waals surface area contributed by atoms with Gasteiger partial charge in [0.2, 0.25) is 0 Å². The predicted octanol–water partition coefficient (Wildman–Crippen LogP) is 2.09. The fourth-order valence-electron chi connectivity index (χ4n) is 2.74. The summed E-state index contributed by atoms with van der Waals surface area (Å²) in [6, 6.07) is 3.48. The van der Waals surface area contributed by atoms with Gasteiger partial charge in [-0.2, -0.15) is 0 Å². The minimum Gasteiger partial charge on any atom is -0.507 e. The number of hydrogen-bond donors (Lipinski definition) is 1. The van der Waals surface area contributed by atoms with E-state index in [4.69, 9.17) is 0 Å². The lowest BCUT2D eigenvalue weighted by molar-refractivity contribution is 0.0251. The van der Waals surface area contributed by atoms with Gasteiger partial charge in [0.15, 0.2) is 0 Å². The van der Waals surface area contributed by atoms with E-state index in [1.165, 1.54) is 18.6 Å². The minimum absolute atomic E-state index is 0.0278. The first kappa shape index (κ1) is 14.8. The lowest BCUT2D eigenvalue weighted by Gasteiger charge is -2.49. The monoisotopic (exact) mass is 280 g/mol. The standard InChI is InChI=1S/C15H21FN2O2/c1-17(2)15(7-4-8-15)10-18(3)14(20)12-6-5-11(16)9-13(12)19/h5-6,9,19H,4,7-8,10H2,1-3H3. The third kappa shape index (κ3) is 2.63. The summed E-state index contributed by atoms with van der Waals surface area (Å²) in [5, 5.41) is 9.69. The van der Waals surface area contributed by atoms with Gasteiger partial charge >= 0.3 is 0 Å². The number of carbonyl (C=O) groups excluding carboxylic acids is 1. The molecule has 1 N–H and O–H groups in total. The van der Waals surface area contributed by atoms with Crippen molar-refractivity contribution >= 4 is 5.91 Å². The fraction of sp³-hybridized carbons (Fsp3) is 0.533. The summed E-state index contributed by atoms with van der Waals surface area (Å²) in [6.07, 6.45) is 3.29. The topological polar surface area (TPSA) is 43.8 Å². The zero-order valence-electron chi connectivity index (χ0n) is 12.2. The smallest absolute Gasteiger partial charge is 0.257 e. The highest BCUT2D eigenvalue weighted by molar-refractivity contribution is 5.96. The molecule has 110 valence electrons. The molecule has 1 aromatic carbocycles. The summed E-state index contributed by atoms with van der Waals surface area (Å²) < 4.78 is 13.0. The molecular weight excluding hydrogens is 259 g/mol. The van der Waals surface area contributed by atoms with Crippen LogP contribution in [-0.4, -0.2) is 54.0 Å². The van der Waals surface area contributed by atoms with Crippen molar-refractivity contribution in [2.45, 2.75) is 24.8 Å². The van der Waals surface area contributed by atoms with Crippen LogP contribution in [0.4, 0.5) is 4.39 Å². The molecule has 1 saturated carbocycles. The lowest BCUT2D eigenvalue weighted by Crippen LogP contribution is -2.57. The second kappa shape index (κ2) is 5.40. The van der Waals surface area contributed by atoms with Gasteiger partial charge in [0.25, 0.3) is 5.91 Å². The van der Waals surface area contributed by atoms with E-state index in [0.717, 1.165) is 18.9 Å². The molecule has 0 aromatic heterocycles. The summed E-state index contributed by atoms with van der Waals surface area (Å²) in [7, 11) is 5.76. The molecule has 0 spiro atoms. The molecule has 0 saturated heterocycles. The van der Waals surface area contributed by atoms with Crippen LogP contribution in [0, 0.1) is 5.82 Å². The highest BCUT2D eigenvalue weighted by Crippen LogP contribution is 2.37. The van der Waals surface area contributed by atoms with Crippen LogP contribution >= 0.6 is 0 Å². The zero-order valence-corrected chi connectivity index (χ0v) is 12.2. The highest BCUT2D eigenvalue weighted by Gasteiger charge is 2.40. The Morgan fingerprint density at radius 1 is 1.35 bits per heavy atom. The van der Waals surface area contributed by atoms with Gasteiger partial charge in [-0.15, -0.1) is 0 Å². The third-order valence-electron chi connectivity index (χ3n) is 4.30. The summed E-state index contributed by atoms with van der Waals surface area (Å²) in [5.41, 5.74) is 0.169. The highest BCUT2D eigenvalue weighted by atomic mass is 19.1. The molecule has 4 nitrogen and oxygen atoms in total. The number of phenolic OH excluding ortho intramolecular Hbond substituents is 1. The van der Waals surface area contributed by atoms with Crippen molar-refractivity contribution in [3.8, 4) is 5.75 Å². The van der Waals surface area contributed by atoms with Crippen molar-refractivity contribution in [2.75, 3.05) is 27.7 Å². The van der Waals surface area contributed by atoms with Gasteiger partial charge in [0.1, 0.15) is 11.6 Å². The SMILES string of the molecule is CN(CC1(N(C)C)CCC1)C(=O)c1ccc(F)cc1O. The molecule has 0 heterocycles. The van der Waals surface area contributed by atoms with Gasteiger partial charge in [-0.1, -0.05) is 0 Å².